The molecule has 0 radical (unpaired) electrons. The number of carbonyl (C=O) groups is 1. The fraction of sp³-hybridized carbons (Fsp3) is 0.188. The first-order valence-corrected chi connectivity index (χ1v) is 7.94. The van der Waals surface area contributed by atoms with Crippen molar-refractivity contribution in [3.63, 3.8) is 0 Å². The van der Waals surface area contributed by atoms with Crippen LogP contribution in [0.15, 0.2) is 48.5 Å². The van der Waals surface area contributed by atoms with E-state index in [9.17, 15) is 4.79 Å². The standard InChI is InChI=1S/C16H15ClINO2/c1-11(21-15-4-2-3-14(18)9-15)16(20)19-10-12-5-7-13(17)8-6-12/h2-9,11H,10H2,1H3,(H,19,20). The molecule has 0 bridgehead atoms. The Kier molecular flexibility index (Phi) is 5.87. The summed E-state index contributed by atoms with van der Waals surface area (Å²) >= 11 is 8.03. The molecule has 2 rings (SSSR count). The molecular formula is C16H15ClINO2. The van der Waals surface area contributed by atoms with Gasteiger partial charge in [0, 0.05) is 15.1 Å². The van der Waals surface area contributed by atoms with Crippen molar-refractivity contribution in [3.05, 3.63) is 62.7 Å². The Hall–Kier alpha value is -1.27. The number of ether oxygens (including phenoxy) is 1. The third kappa shape index (κ3) is 5.21. The quantitative estimate of drug-likeness (QED) is 0.749. The minimum Gasteiger partial charge on any atom is -0.481 e. The van der Waals surface area contributed by atoms with Crippen LogP contribution in [0.3, 0.4) is 0 Å². The molecule has 1 amide bonds. The summed E-state index contributed by atoms with van der Waals surface area (Å²) in [6.45, 7) is 2.19. The van der Waals surface area contributed by atoms with Crippen molar-refractivity contribution >= 4 is 40.1 Å². The Balaban J connectivity index is 1.86. The van der Waals surface area contributed by atoms with E-state index in [1.165, 1.54) is 0 Å². The molecular weight excluding hydrogens is 401 g/mol. The van der Waals surface area contributed by atoms with Crippen molar-refractivity contribution < 1.29 is 9.53 Å². The minimum atomic E-state index is -0.546. The van der Waals surface area contributed by atoms with Gasteiger partial charge in [0.05, 0.1) is 0 Å². The van der Waals surface area contributed by atoms with Gasteiger partial charge >= 0.3 is 0 Å². The molecule has 5 heteroatoms. The molecule has 0 saturated heterocycles. The van der Waals surface area contributed by atoms with Gasteiger partial charge in [-0.2, -0.15) is 0 Å². The highest BCUT2D eigenvalue weighted by molar-refractivity contribution is 14.1. The molecule has 0 heterocycles. The van der Waals surface area contributed by atoms with E-state index in [2.05, 4.69) is 27.9 Å². The summed E-state index contributed by atoms with van der Waals surface area (Å²) in [5.41, 5.74) is 0.995. The molecule has 3 nitrogen and oxygen atoms in total. The molecule has 0 saturated carbocycles. The first kappa shape index (κ1) is 16.1. The van der Waals surface area contributed by atoms with E-state index < -0.39 is 6.10 Å². The van der Waals surface area contributed by atoms with Gasteiger partial charge in [-0.3, -0.25) is 4.79 Å². The number of amides is 1. The van der Waals surface area contributed by atoms with Gasteiger partial charge in [-0.25, -0.2) is 0 Å². The van der Waals surface area contributed by atoms with Crippen LogP contribution >= 0.6 is 34.2 Å². The molecule has 21 heavy (non-hydrogen) atoms. The van der Waals surface area contributed by atoms with Crippen LogP contribution in [0.1, 0.15) is 12.5 Å². The van der Waals surface area contributed by atoms with Crippen molar-refractivity contribution in [1.82, 2.24) is 5.32 Å². The lowest BCUT2D eigenvalue weighted by atomic mass is 10.2. The number of hydrogen-bond acceptors (Lipinski definition) is 2. The van der Waals surface area contributed by atoms with Crippen molar-refractivity contribution in [2.45, 2.75) is 19.6 Å². The number of hydrogen-bond donors (Lipinski definition) is 1. The van der Waals surface area contributed by atoms with Gasteiger partial charge in [0.25, 0.3) is 5.91 Å². The van der Waals surface area contributed by atoms with E-state index in [4.69, 9.17) is 16.3 Å². The summed E-state index contributed by atoms with van der Waals surface area (Å²) in [4.78, 5) is 12.0. The summed E-state index contributed by atoms with van der Waals surface area (Å²) < 4.78 is 6.69. The highest BCUT2D eigenvalue weighted by Gasteiger charge is 2.14. The highest BCUT2D eigenvalue weighted by Crippen LogP contribution is 2.16. The molecule has 0 aliphatic heterocycles. The monoisotopic (exact) mass is 415 g/mol. The summed E-state index contributed by atoms with van der Waals surface area (Å²) in [6.07, 6.45) is -0.546. The number of halogens is 2. The maximum atomic E-state index is 12.0. The van der Waals surface area contributed by atoms with Gasteiger partial charge in [0.1, 0.15) is 5.75 Å². The van der Waals surface area contributed by atoms with Crippen LogP contribution in [-0.2, 0) is 11.3 Å². The lowest BCUT2D eigenvalue weighted by Crippen LogP contribution is -2.35. The molecule has 0 aliphatic carbocycles. The second kappa shape index (κ2) is 7.66. The van der Waals surface area contributed by atoms with Gasteiger partial charge in [-0.1, -0.05) is 29.8 Å². The zero-order chi connectivity index (χ0) is 15.2. The third-order valence-corrected chi connectivity index (χ3v) is 3.78. The highest BCUT2D eigenvalue weighted by atomic mass is 127. The van der Waals surface area contributed by atoms with Crippen molar-refractivity contribution in [1.29, 1.82) is 0 Å². The summed E-state index contributed by atoms with van der Waals surface area (Å²) in [5, 5.41) is 3.53. The van der Waals surface area contributed by atoms with Crippen LogP contribution in [0.5, 0.6) is 5.75 Å². The SMILES string of the molecule is CC(Oc1cccc(I)c1)C(=O)NCc1ccc(Cl)cc1. The van der Waals surface area contributed by atoms with E-state index in [0.29, 0.717) is 17.3 Å². The van der Waals surface area contributed by atoms with Crippen molar-refractivity contribution in [2.75, 3.05) is 0 Å². The van der Waals surface area contributed by atoms with Gasteiger partial charge < -0.3 is 10.1 Å². The molecule has 110 valence electrons. The number of rotatable bonds is 5. The zero-order valence-corrected chi connectivity index (χ0v) is 14.4. The van der Waals surface area contributed by atoms with Crippen molar-refractivity contribution in [3.8, 4) is 5.75 Å². The third-order valence-electron chi connectivity index (χ3n) is 2.86. The Morgan fingerprint density at radius 1 is 1.29 bits per heavy atom. The van der Waals surface area contributed by atoms with E-state index in [0.717, 1.165) is 9.13 Å². The largest absolute Gasteiger partial charge is 0.481 e. The molecule has 0 aliphatic rings. The van der Waals surface area contributed by atoms with Crippen LogP contribution in [0.4, 0.5) is 0 Å². The normalized spacial score (nSPS) is 11.8. The van der Waals surface area contributed by atoms with Crippen LogP contribution in [0, 0.1) is 3.57 Å². The first-order valence-electron chi connectivity index (χ1n) is 6.49. The van der Waals surface area contributed by atoms with Gasteiger partial charge in [0.15, 0.2) is 6.10 Å². The van der Waals surface area contributed by atoms with Crippen LogP contribution < -0.4 is 10.1 Å². The summed E-state index contributed by atoms with van der Waals surface area (Å²) in [6, 6.07) is 15.0. The molecule has 0 spiro atoms. The average Bonchev–Trinajstić information content (AvgIpc) is 2.46. The molecule has 1 unspecified atom stereocenters. The van der Waals surface area contributed by atoms with Gasteiger partial charge in [0.2, 0.25) is 0 Å². The van der Waals surface area contributed by atoms with Gasteiger partial charge in [-0.15, -0.1) is 0 Å². The molecule has 0 fully saturated rings. The molecule has 1 atom stereocenters. The maximum absolute atomic E-state index is 12.0. The predicted octanol–water partition coefficient (Wildman–Crippen LogP) is 4.03. The molecule has 2 aromatic carbocycles. The topological polar surface area (TPSA) is 38.3 Å². The Morgan fingerprint density at radius 2 is 2.00 bits per heavy atom. The fourth-order valence-electron chi connectivity index (χ4n) is 1.73. The summed E-state index contributed by atoms with van der Waals surface area (Å²) in [5.74, 6) is 0.542. The van der Waals surface area contributed by atoms with Crippen LogP contribution in [0.2, 0.25) is 5.02 Å². The molecule has 2 aromatic rings. The van der Waals surface area contributed by atoms with E-state index in [-0.39, 0.29) is 5.91 Å². The lowest BCUT2D eigenvalue weighted by molar-refractivity contribution is -0.127. The summed E-state index contributed by atoms with van der Waals surface area (Å²) in [7, 11) is 0. The zero-order valence-electron chi connectivity index (χ0n) is 11.5. The second-order valence-corrected chi connectivity index (χ2v) is 6.24. The van der Waals surface area contributed by atoms with Crippen LogP contribution in [-0.4, -0.2) is 12.0 Å². The minimum absolute atomic E-state index is 0.149. The Morgan fingerprint density at radius 3 is 2.67 bits per heavy atom. The average molecular weight is 416 g/mol. The van der Waals surface area contributed by atoms with Crippen LogP contribution in [0.25, 0.3) is 0 Å². The van der Waals surface area contributed by atoms with Gasteiger partial charge in [-0.05, 0) is 65.4 Å². The number of carbonyl (C=O) groups excluding carboxylic acids is 1. The number of nitrogens with one attached hydrogen (secondary N) is 1. The van der Waals surface area contributed by atoms with E-state index in [1.54, 1.807) is 19.1 Å². The maximum Gasteiger partial charge on any atom is 0.261 e. The smallest absolute Gasteiger partial charge is 0.261 e. The van der Waals surface area contributed by atoms with Crippen molar-refractivity contribution in [2.24, 2.45) is 0 Å². The second-order valence-electron chi connectivity index (χ2n) is 4.56. The predicted molar refractivity (Wildman–Crippen MR) is 92.5 cm³/mol. The molecule has 0 aromatic heterocycles. The van der Waals surface area contributed by atoms with E-state index >= 15 is 0 Å². The van der Waals surface area contributed by atoms with E-state index in [1.807, 2.05) is 36.4 Å². The first-order chi connectivity index (χ1) is 10.0. The fourth-order valence-corrected chi connectivity index (χ4v) is 2.37. The lowest BCUT2D eigenvalue weighted by Gasteiger charge is -2.15. The Labute approximate surface area is 142 Å². The molecule has 1 N–H and O–H groups in total. The number of benzene rings is 2. The Bertz CT molecular complexity index is 616.